The van der Waals surface area contributed by atoms with Gasteiger partial charge in [0.1, 0.15) is 12.4 Å². The van der Waals surface area contributed by atoms with E-state index in [4.69, 9.17) is 9.47 Å². The lowest BCUT2D eigenvalue weighted by Crippen LogP contribution is -2.27. The molecule has 20 heavy (non-hydrogen) atoms. The van der Waals surface area contributed by atoms with Crippen molar-refractivity contribution in [1.29, 1.82) is 0 Å². The number of ether oxygens (including phenoxy) is 2. The predicted molar refractivity (Wildman–Crippen MR) is 71.0 cm³/mol. The van der Waals surface area contributed by atoms with Crippen LogP contribution in [0.3, 0.4) is 0 Å². The molecule has 0 saturated carbocycles. The molecule has 3 nitrogen and oxygen atoms in total. The third-order valence-corrected chi connectivity index (χ3v) is 2.77. The molecule has 1 atom stereocenters. The Morgan fingerprint density at radius 3 is 2.65 bits per heavy atom. The van der Waals surface area contributed by atoms with Gasteiger partial charge >= 0.3 is 6.18 Å². The van der Waals surface area contributed by atoms with E-state index in [1.165, 1.54) is 0 Å². The van der Waals surface area contributed by atoms with Gasteiger partial charge in [-0.1, -0.05) is 12.1 Å². The summed E-state index contributed by atoms with van der Waals surface area (Å²) in [4.78, 5) is 0. The Morgan fingerprint density at radius 2 is 2.05 bits per heavy atom. The van der Waals surface area contributed by atoms with Crippen molar-refractivity contribution in [2.75, 3.05) is 33.9 Å². The van der Waals surface area contributed by atoms with Crippen LogP contribution in [-0.4, -0.2) is 40.1 Å². The molecule has 0 amide bonds. The van der Waals surface area contributed by atoms with E-state index in [1.807, 2.05) is 24.3 Å². The minimum Gasteiger partial charge on any atom is -0.497 e. The second-order valence-electron chi connectivity index (χ2n) is 4.61. The van der Waals surface area contributed by atoms with Crippen molar-refractivity contribution in [2.24, 2.45) is 5.92 Å². The molecule has 0 saturated heterocycles. The average Bonchev–Trinajstić information content (AvgIpc) is 2.37. The molecule has 0 bridgehead atoms. The maximum absolute atomic E-state index is 12.1. The van der Waals surface area contributed by atoms with Crippen LogP contribution in [0.2, 0.25) is 0 Å². The van der Waals surface area contributed by atoms with E-state index in [1.54, 1.807) is 14.2 Å². The number of alkyl halides is 3. The van der Waals surface area contributed by atoms with Gasteiger partial charge in [0.15, 0.2) is 0 Å². The van der Waals surface area contributed by atoms with Gasteiger partial charge in [-0.3, -0.25) is 0 Å². The zero-order valence-corrected chi connectivity index (χ0v) is 11.7. The molecule has 0 aromatic heterocycles. The summed E-state index contributed by atoms with van der Waals surface area (Å²) in [7, 11) is 3.35. The lowest BCUT2D eigenvalue weighted by atomic mass is 10.00. The molecule has 1 unspecified atom stereocenters. The summed E-state index contributed by atoms with van der Waals surface area (Å²) in [6.45, 7) is -0.544. The van der Waals surface area contributed by atoms with Crippen molar-refractivity contribution in [1.82, 2.24) is 5.32 Å². The van der Waals surface area contributed by atoms with E-state index in [0.29, 0.717) is 13.0 Å². The van der Waals surface area contributed by atoms with Crippen molar-refractivity contribution in [2.45, 2.75) is 12.6 Å². The van der Waals surface area contributed by atoms with Gasteiger partial charge < -0.3 is 14.8 Å². The smallest absolute Gasteiger partial charge is 0.411 e. The normalized spacial score (nSPS) is 13.2. The van der Waals surface area contributed by atoms with Gasteiger partial charge in [-0.05, 0) is 37.1 Å². The first-order chi connectivity index (χ1) is 9.44. The molecule has 0 spiro atoms. The number of benzene rings is 1. The Morgan fingerprint density at radius 1 is 1.30 bits per heavy atom. The monoisotopic (exact) mass is 291 g/mol. The molecule has 0 fully saturated rings. The van der Waals surface area contributed by atoms with Crippen molar-refractivity contribution < 1.29 is 22.6 Å². The van der Waals surface area contributed by atoms with Gasteiger partial charge in [0.05, 0.1) is 13.7 Å². The third-order valence-electron chi connectivity index (χ3n) is 2.77. The molecular weight excluding hydrogens is 271 g/mol. The highest BCUT2D eigenvalue weighted by Gasteiger charge is 2.27. The lowest BCUT2D eigenvalue weighted by molar-refractivity contribution is -0.176. The fourth-order valence-electron chi connectivity index (χ4n) is 1.95. The standard InChI is InChI=1S/C14H20F3NO2/c1-18-8-12(9-20-10-14(15,16)17)6-11-4-3-5-13(7-11)19-2/h3-5,7,12,18H,6,8-10H2,1-2H3. The Bertz CT molecular complexity index is 396. The predicted octanol–water partition coefficient (Wildman–Crippen LogP) is 2.65. The second kappa shape index (κ2) is 8.11. The molecule has 1 rings (SSSR count). The van der Waals surface area contributed by atoms with Gasteiger partial charge in [0, 0.05) is 6.54 Å². The number of hydrogen-bond donors (Lipinski definition) is 1. The average molecular weight is 291 g/mol. The van der Waals surface area contributed by atoms with Gasteiger partial charge in [-0.15, -0.1) is 0 Å². The fourth-order valence-corrected chi connectivity index (χ4v) is 1.95. The fraction of sp³-hybridized carbons (Fsp3) is 0.571. The summed E-state index contributed by atoms with van der Waals surface area (Å²) in [6, 6.07) is 7.50. The quantitative estimate of drug-likeness (QED) is 0.799. The molecule has 6 heteroatoms. The molecule has 1 N–H and O–H groups in total. The van der Waals surface area contributed by atoms with Crippen LogP contribution in [0.5, 0.6) is 5.75 Å². The van der Waals surface area contributed by atoms with Crippen LogP contribution in [0.15, 0.2) is 24.3 Å². The van der Waals surface area contributed by atoms with Crippen LogP contribution in [0, 0.1) is 5.92 Å². The SMILES string of the molecule is CNCC(COCC(F)(F)F)Cc1cccc(OC)c1. The molecule has 0 aliphatic rings. The Labute approximate surface area is 117 Å². The molecule has 0 aliphatic carbocycles. The van der Waals surface area contributed by atoms with Gasteiger partial charge in [-0.25, -0.2) is 0 Å². The molecular formula is C14H20F3NO2. The summed E-state index contributed by atoms with van der Waals surface area (Å²) in [5.41, 5.74) is 1.01. The van der Waals surface area contributed by atoms with Crippen molar-refractivity contribution in [3.8, 4) is 5.75 Å². The van der Waals surface area contributed by atoms with Crippen molar-refractivity contribution >= 4 is 0 Å². The maximum atomic E-state index is 12.1. The minimum absolute atomic E-state index is 0.0190. The molecule has 114 valence electrons. The van der Waals surface area contributed by atoms with Crippen LogP contribution < -0.4 is 10.1 Å². The van der Waals surface area contributed by atoms with Gasteiger partial charge in [0.25, 0.3) is 0 Å². The van der Waals surface area contributed by atoms with E-state index in [2.05, 4.69) is 5.32 Å². The van der Waals surface area contributed by atoms with Crippen LogP contribution in [0.4, 0.5) is 13.2 Å². The first-order valence-electron chi connectivity index (χ1n) is 6.36. The van der Waals surface area contributed by atoms with Crippen LogP contribution in [0.25, 0.3) is 0 Å². The van der Waals surface area contributed by atoms with E-state index in [0.717, 1.165) is 11.3 Å². The maximum Gasteiger partial charge on any atom is 0.411 e. The summed E-state index contributed by atoms with van der Waals surface area (Å²) in [6.07, 6.45) is -3.64. The number of rotatable bonds is 8. The highest BCUT2D eigenvalue weighted by atomic mass is 19.4. The number of methoxy groups -OCH3 is 1. The Hall–Kier alpha value is -1.27. The van der Waals surface area contributed by atoms with Crippen LogP contribution in [-0.2, 0) is 11.2 Å². The summed E-state index contributed by atoms with van der Waals surface area (Å²) >= 11 is 0. The number of nitrogens with one attached hydrogen (secondary N) is 1. The second-order valence-corrected chi connectivity index (χ2v) is 4.61. The third kappa shape index (κ3) is 6.77. The molecule has 1 aromatic carbocycles. The number of hydrogen-bond acceptors (Lipinski definition) is 3. The van der Waals surface area contributed by atoms with E-state index in [9.17, 15) is 13.2 Å². The highest BCUT2D eigenvalue weighted by Crippen LogP contribution is 2.18. The van der Waals surface area contributed by atoms with E-state index in [-0.39, 0.29) is 12.5 Å². The van der Waals surface area contributed by atoms with Crippen molar-refractivity contribution in [3.63, 3.8) is 0 Å². The van der Waals surface area contributed by atoms with Crippen molar-refractivity contribution in [3.05, 3.63) is 29.8 Å². The van der Waals surface area contributed by atoms with Gasteiger partial charge in [0.2, 0.25) is 0 Å². The molecule has 0 radical (unpaired) electrons. The largest absolute Gasteiger partial charge is 0.497 e. The Kier molecular flexibility index (Phi) is 6.81. The summed E-state index contributed by atoms with van der Waals surface area (Å²) in [5.74, 6) is 0.719. The highest BCUT2D eigenvalue weighted by molar-refractivity contribution is 5.28. The molecule has 0 heterocycles. The van der Waals surface area contributed by atoms with Gasteiger partial charge in [-0.2, -0.15) is 13.2 Å². The van der Waals surface area contributed by atoms with E-state index < -0.39 is 12.8 Å². The molecule has 0 aliphatic heterocycles. The lowest BCUT2D eigenvalue weighted by Gasteiger charge is -2.18. The summed E-state index contributed by atoms with van der Waals surface area (Å²) in [5, 5.41) is 2.97. The van der Waals surface area contributed by atoms with Crippen LogP contribution >= 0.6 is 0 Å². The first-order valence-corrected chi connectivity index (χ1v) is 6.36. The molecule has 1 aromatic rings. The minimum atomic E-state index is -4.28. The van der Waals surface area contributed by atoms with E-state index >= 15 is 0 Å². The zero-order chi connectivity index (χ0) is 15.0. The first kappa shape index (κ1) is 16.8. The summed E-state index contributed by atoms with van der Waals surface area (Å²) < 4.78 is 46.1. The topological polar surface area (TPSA) is 30.5 Å². The van der Waals surface area contributed by atoms with Crippen LogP contribution in [0.1, 0.15) is 5.56 Å². The zero-order valence-electron chi connectivity index (χ0n) is 11.7. The number of halogens is 3. The Balaban J connectivity index is 2.53.